The Morgan fingerprint density at radius 1 is 1.62 bits per heavy atom. The van der Waals surface area contributed by atoms with Crippen molar-refractivity contribution in [1.82, 2.24) is 0 Å². The largest absolute Gasteiger partial charge is 0.493 e. The molecular weight excluding hydrogens is 213 g/mol. The van der Waals surface area contributed by atoms with Gasteiger partial charge in [0.05, 0.1) is 6.61 Å². The van der Waals surface area contributed by atoms with Gasteiger partial charge in [0.25, 0.3) is 0 Å². The third-order valence-electron chi connectivity index (χ3n) is 2.78. The SMILES string of the molecule is NC(C(=O)O)C1CCOc2ccc(F)cc21. The molecule has 0 bridgehead atoms. The zero-order valence-electron chi connectivity index (χ0n) is 8.52. The number of ether oxygens (including phenoxy) is 1. The summed E-state index contributed by atoms with van der Waals surface area (Å²) in [4.78, 5) is 10.8. The van der Waals surface area contributed by atoms with Crippen molar-refractivity contribution in [2.75, 3.05) is 6.61 Å². The molecule has 1 aromatic carbocycles. The Balaban J connectivity index is 2.38. The molecule has 5 heteroatoms. The Kier molecular flexibility index (Phi) is 2.78. The van der Waals surface area contributed by atoms with Gasteiger partial charge in [-0.2, -0.15) is 0 Å². The van der Waals surface area contributed by atoms with Crippen LogP contribution in [0.1, 0.15) is 17.9 Å². The monoisotopic (exact) mass is 225 g/mol. The van der Waals surface area contributed by atoms with Crippen LogP contribution in [-0.4, -0.2) is 23.7 Å². The van der Waals surface area contributed by atoms with Crippen LogP contribution in [0, 0.1) is 5.82 Å². The summed E-state index contributed by atoms with van der Waals surface area (Å²) in [6.07, 6.45) is 0.490. The van der Waals surface area contributed by atoms with Gasteiger partial charge in [0.2, 0.25) is 0 Å². The number of aliphatic carboxylic acids is 1. The first-order chi connectivity index (χ1) is 7.59. The van der Waals surface area contributed by atoms with Crippen molar-refractivity contribution in [2.24, 2.45) is 5.73 Å². The fourth-order valence-electron chi connectivity index (χ4n) is 1.94. The van der Waals surface area contributed by atoms with E-state index in [-0.39, 0.29) is 0 Å². The predicted octanol–water partition coefficient (Wildman–Crippen LogP) is 1.10. The summed E-state index contributed by atoms with van der Waals surface area (Å²) in [6.45, 7) is 0.407. The zero-order chi connectivity index (χ0) is 11.7. The standard InChI is InChI=1S/C11H12FNO3/c12-6-1-2-9-8(5-6)7(3-4-16-9)10(13)11(14)15/h1-2,5,7,10H,3-4,13H2,(H,14,15). The van der Waals surface area contributed by atoms with E-state index in [2.05, 4.69) is 0 Å². The predicted molar refractivity (Wildman–Crippen MR) is 54.9 cm³/mol. The number of hydrogen-bond acceptors (Lipinski definition) is 3. The van der Waals surface area contributed by atoms with E-state index >= 15 is 0 Å². The van der Waals surface area contributed by atoms with Crippen molar-refractivity contribution < 1.29 is 19.0 Å². The van der Waals surface area contributed by atoms with Crippen molar-refractivity contribution in [3.05, 3.63) is 29.6 Å². The van der Waals surface area contributed by atoms with Crippen LogP contribution in [0.5, 0.6) is 5.75 Å². The molecule has 2 unspecified atom stereocenters. The maximum Gasteiger partial charge on any atom is 0.321 e. The Labute approximate surface area is 91.8 Å². The minimum Gasteiger partial charge on any atom is -0.493 e. The zero-order valence-corrected chi connectivity index (χ0v) is 8.52. The Hall–Kier alpha value is -1.62. The molecule has 2 rings (SSSR count). The molecule has 4 nitrogen and oxygen atoms in total. The van der Waals surface area contributed by atoms with Crippen molar-refractivity contribution in [3.63, 3.8) is 0 Å². The van der Waals surface area contributed by atoms with E-state index in [4.69, 9.17) is 15.6 Å². The number of halogens is 1. The van der Waals surface area contributed by atoms with Crippen LogP contribution in [0.3, 0.4) is 0 Å². The first kappa shape index (κ1) is 10.9. The maximum absolute atomic E-state index is 13.1. The maximum atomic E-state index is 13.1. The molecule has 0 aromatic heterocycles. The first-order valence-corrected chi connectivity index (χ1v) is 5.00. The van der Waals surface area contributed by atoms with Crippen LogP contribution in [0.4, 0.5) is 4.39 Å². The molecule has 1 heterocycles. The van der Waals surface area contributed by atoms with E-state index in [1.807, 2.05) is 0 Å². The average molecular weight is 225 g/mol. The van der Waals surface area contributed by atoms with Gasteiger partial charge in [-0.15, -0.1) is 0 Å². The van der Waals surface area contributed by atoms with E-state index in [9.17, 15) is 9.18 Å². The summed E-state index contributed by atoms with van der Waals surface area (Å²) in [5.41, 5.74) is 6.12. The molecular formula is C11H12FNO3. The van der Waals surface area contributed by atoms with Crippen LogP contribution < -0.4 is 10.5 Å². The van der Waals surface area contributed by atoms with Gasteiger partial charge in [-0.05, 0) is 24.6 Å². The molecule has 0 spiro atoms. The average Bonchev–Trinajstić information content (AvgIpc) is 2.27. The number of fused-ring (bicyclic) bond motifs is 1. The molecule has 0 fully saturated rings. The third kappa shape index (κ3) is 1.86. The van der Waals surface area contributed by atoms with Crippen molar-refractivity contribution in [3.8, 4) is 5.75 Å². The van der Waals surface area contributed by atoms with Crippen LogP contribution >= 0.6 is 0 Å². The molecule has 0 aliphatic carbocycles. The number of benzene rings is 1. The normalized spacial score (nSPS) is 20.8. The number of carboxylic acid groups (broad SMARTS) is 1. The smallest absolute Gasteiger partial charge is 0.321 e. The van der Waals surface area contributed by atoms with Gasteiger partial charge >= 0.3 is 5.97 Å². The van der Waals surface area contributed by atoms with Crippen LogP contribution in [0.2, 0.25) is 0 Å². The highest BCUT2D eigenvalue weighted by Gasteiger charge is 2.31. The summed E-state index contributed by atoms with van der Waals surface area (Å²) < 4.78 is 18.4. The lowest BCUT2D eigenvalue weighted by Crippen LogP contribution is -2.38. The third-order valence-corrected chi connectivity index (χ3v) is 2.78. The summed E-state index contributed by atoms with van der Waals surface area (Å²) in [5.74, 6) is -1.36. The molecule has 1 aromatic rings. The molecule has 0 saturated heterocycles. The second-order valence-corrected chi connectivity index (χ2v) is 3.79. The van der Waals surface area contributed by atoms with Gasteiger partial charge in [0, 0.05) is 11.5 Å². The second-order valence-electron chi connectivity index (χ2n) is 3.79. The highest BCUT2D eigenvalue weighted by molar-refractivity contribution is 5.75. The van der Waals surface area contributed by atoms with Crippen LogP contribution in [0.25, 0.3) is 0 Å². The number of rotatable bonds is 2. The minimum atomic E-state index is -1.08. The van der Waals surface area contributed by atoms with E-state index in [0.29, 0.717) is 24.3 Å². The molecule has 0 amide bonds. The fraction of sp³-hybridized carbons (Fsp3) is 0.364. The summed E-state index contributed by atoms with van der Waals surface area (Å²) >= 11 is 0. The van der Waals surface area contributed by atoms with Gasteiger partial charge < -0.3 is 15.6 Å². The summed E-state index contributed by atoms with van der Waals surface area (Å²) in [6, 6.07) is 3.06. The summed E-state index contributed by atoms with van der Waals surface area (Å²) in [5, 5.41) is 8.87. The first-order valence-electron chi connectivity index (χ1n) is 5.00. The Bertz CT molecular complexity index is 422. The van der Waals surface area contributed by atoms with E-state index in [1.54, 1.807) is 0 Å². The van der Waals surface area contributed by atoms with E-state index in [0.717, 1.165) is 0 Å². The number of nitrogens with two attached hydrogens (primary N) is 1. The lowest BCUT2D eigenvalue weighted by molar-refractivity contribution is -0.139. The van der Waals surface area contributed by atoms with Gasteiger partial charge in [-0.1, -0.05) is 0 Å². The molecule has 1 aliphatic rings. The van der Waals surface area contributed by atoms with Crippen molar-refractivity contribution in [1.29, 1.82) is 0 Å². The highest BCUT2D eigenvalue weighted by Crippen LogP contribution is 2.35. The van der Waals surface area contributed by atoms with Crippen molar-refractivity contribution >= 4 is 5.97 Å². The molecule has 2 atom stereocenters. The quantitative estimate of drug-likeness (QED) is 0.790. The lowest BCUT2D eigenvalue weighted by Gasteiger charge is -2.28. The number of carboxylic acids is 1. The number of hydrogen-bond donors (Lipinski definition) is 2. The Morgan fingerprint density at radius 3 is 3.06 bits per heavy atom. The highest BCUT2D eigenvalue weighted by atomic mass is 19.1. The van der Waals surface area contributed by atoms with Crippen LogP contribution in [0.15, 0.2) is 18.2 Å². The summed E-state index contributed by atoms with van der Waals surface area (Å²) in [7, 11) is 0. The molecule has 1 aliphatic heterocycles. The van der Waals surface area contributed by atoms with Crippen molar-refractivity contribution in [2.45, 2.75) is 18.4 Å². The van der Waals surface area contributed by atoms with Gasteiger partial charge in [-0.3, -0.25) is 4.79 Å². The van der Waals surface area contributed by atoms with Crippen LogP contribution in [-0.2, 0) is 4.79 Å². The number of carbonyl (C=O) groups is 1. The molecule has 0 radical (unpaired) electrons. The topological polar surface area (TPSA) is 72.6 Å². The molecule has 86 valence electrons. The Morgan fingerprint density at radius 2 is 2.38 bits per heavy atom. The second kappa shape index (κ2) is 4.09. The molecule has 3 N–H and O–H groups in total. The molecule has 0 saturated carbocycles. The van der Waals surface area contributed by atoms with Gasteiger partial charge in [0.1, 0.15) is 17.6 Å². The fourth-order valence-corrected chi connectivity index (χ4v) is 1.94. The van der Waals surface area contributed by atoms with Gasteiger partial charge in [-0.25, -0.2) is 4.39 Å². The van der Waals surface area contributed by atoms with E-state index < -0.39 is 23.7 Å². The lowest BCUT2D eigenvalue weighted by atomic mass is 9.87. The molecule has 16 heavy (non-hydrogen) atoms. The minimum absolute atomic E-state index is 0.392. The van der Waals surface area contributed by atoms with E-state index in [1.165, 1.54) is 18.2 Å². The van der Waals surface area contributed by atoms with Gasteiger partial charge in [0.15, 0.2) is 0 Å².